The number of hydrogen-bond acceptors (Lipinski definition) is 6. The van der Waals surface area contributed by atoms with Gasteiger partial charge < -0.3 is 24.1 Å². The molecule has 0 radical (unpaired) electrons. The van der Waals surface area contributed by atoms with Crippen LogP contribution in [0.2, 0.25) is 0 Å². The van der Waals surface area contributed by atoms with E-state index in [1.807, 2.05) is 13.8 Å². The zero-order valence-electron chi connectivity index (χ0n) is 16.2. The first kappa shape index (κ1) is 19.3. The number of carbonyl (C=O) groups is 1. The maximum Gasteiger partial charge on any atom is 0.255 e. The van der Waals surface area contributed by atoms with E-state index in [2.05, 4.69) is 10.5 Å². The van der Waals surface area contributed by atoms with Crippen LogP contribution in [0.5, 0.6) is 17.2 Å². The van der Waals surface area contributed by atoms with Crippen molar-refractivity contribution in [1.29, 1.82) is 0 Å². The maximum atomic E-state index is 12.6. The molecule has 3 aromatic rings. The van der Waals surface area contributed by atoms with E-state index in [0.717, 1.165) is 17.0 Å². The lowest BCUT2D eigenvalue weighted by Crippen LogP contribution is -2.12. The number of amides is 1. The smallest absolute Gasteiger partial charge is 0.255 e. The van der Waals surface area contributed by atoms with Gasteiger partial charge in [0, 0.05) is 5.56 Å². The molecule has 1 N–H and O–H groups in total. The Morgan fingerprint density at radius 1 is 1.07 bits per heavy atom. The highest BCUT2D eigenvalue weighted by Gasteiger charge is 2.14. The van der Waals surface area contributed by atoms with Crippen LogP contribution >= 0.6 is 0 Å². The van der Waals surface area contributed by atoms with Gasteiger partial charge in [-0.2, -0.15) is 0 Å². The fourth-order valence-electron chi connectivity index (χ4n) is 2.75. The van der Waals surface area contributed by atoms with Crippen molar-refractivity contribution in [2.75, 3.05) is 19.5 Å². The van der Waals surface area contributed by atoms with Gasteiger partial charge in [0.15, 0.2) is 11.5 Å². The van der Waals surface area contributed by atoms with E-state index < -0.39 is 0 Å². The number of para-hydroxylation sites is 1. The molecule has 0 fully saturated rings. The van der Waals surface area contributed by atoms with Crippen LogP contribution in [-0.2, 0) is 6.61 Å². The Balaban J connectivity index is 1.67. The molecule has 0 unspecified atom stereocenters. The summed E-state index contributed by atoms with van der Waals surface area (Å²) in [6, 6.07) is 12.2. The molecule has 28 heavy (non-hydrogen) atoms. The Kier molecular flexibility index (Phi) is 5.84. The van der Waals surface area contributed by atoms with Gasteiger partial charge in [0.05, 0.1) is 31.2 Å². The molecule has 7 nitrogen and oxygen atoms in total. The maximum absolute atomic E-state index is 12.6. The van der Waals surface area contributed by atoms with E-state index in [1.54, 1.807) is 49.6 Å². The first-order chi connectivity index (χ1) is 13.5. The number of methoxy groups -OCH3 is 2. The topological polar surface area (TPSA) is 82.8 Å². The fraction of sp³-hybridized carbons (Fsp3) is 0.238. The van der Waals surface area contributed by atoms with Crippen molar-refractivity contribution in [3.05, 3.63) is 65.0 Å². The van der Waals surface area contributed by atoms with Gasteiger partial charge in [0.2, 0.25) is 0 Å². The number of benzene rings is 2. The molecular weight excluding hydrogens is 360 g/mol. The van der Waals surface area contributed by atoms with E-state index in [4.69, 9.17) is 18.7 Å². The number of aromatic nitrogens is 1. The number of nitrogens with zero attached hydrogens (tertiary/aromatic N) is 1. The highest BCUT2D eigenvalue weighted by atomic mass is 16.5. The monoisotopic (exact) mass is 382 g/mol. The van der Waals surface area contributed by atoms with Gasteiger partial charge >= 0.3 is 0 Å². The van der Waals surface area contributed by atoms with Gasteiger partial charge in [0.1, 0.15) is 18.1 Å². The third-order valence-electron chi connectivity index (χ3n) is 4.33. The Morgan fingerprint density at radius 2 is 1.82 bits per heavy atom. The van der Waals surface area contributed by atoms with Crippen LogP contribution in [0.3, 0.4) is 0 Å². The minimum absolute atomic E-state index is 0.260. The van der Waals surface area contributed by atoms with Gasteiger partial charge in [-0.15, -0.1) is 0 Å². The van der Waals surface area contributed by atoms with Crippen molar-refractivity contribution in [3.63, 3.8) is 0 Å². The Labute approximate surface area is 163 Å². The van der Waals surface area contributed by atoms with E-state index in [9.17, 15) is 4.79 Å². The highest BCUT2D eigenvalue weighted by molar-refractivity contribution is 6.05. The molecule has 0 aliphatic carbocycles. The molecule has 0 spiro atoms. The van der Waals surface area contributed by atoms with Crippen molar-refractivity contribution < 1.29 is 23.5 Å². The third-order valence-corrected chi connectivity index (χ3v) is 4.33. The molecule has 0 saturated carbocycles. The SMILES string of the molecule is COc1cccc(NC(=O)c2ccc(OCc3c(C)noc3C)cc2)c1OC. The Bertz CT molecular complexity index is 944. The van der Waals surface area contributed by atoms with E-state index in [-0.39, 0.29) is 5.91 Å². The molecule has 0 aliphatic heterocycles. The molecule has 1 amide bonds. The normalized spacial score (nSPS) is 10.4. The minimum atomic E-state index is -0.260. The van der Waals surface area contributed by atoms with Crippen molar-refractivity contribution in [2.24, 2.45) is 0 Å². The van der Waals surface area contributed by atoms with Crippen LogP contribution < -0.4 is 19.5 Å². The lowest BCUT2D eigenvalue weighted by molar-refractivity contribution is 0.102. The molecule has 1 heterocycles. The summed E-state index contributed by atoms with van der Waals surface area (Å²) in [5, 5.41) is 6.74. The molecule has 3 rings (SSSR count). The molecule has 1 aromatic heterocycles. The fourth-order valence-corrected chi connectivity index (χ4v) is 2.75. The highest BCUT2D eigenvalue weighted by Crippen LogP contribution is 2.35. The van der Waals surface area contributed by atoms with Gasteiger partial charge in [0.25, 0.3) is 5.91 Å². The second-order valence-corrected chi connectivity index (χ2v) is 6.11. The molecule has 7 heteroatoms. The van der Waals surface area contributed by atoms with Crippen LogP contribution in [0.15, 0.2) is 47.0 Å². The summed E-state index contributed by atoms with van der Waals surface area (Å²) in [7, 11) is 3.07. The molecule has 146 valence electrons. The second-order valence-electron chi connectivity index (χ2n) is 6.11. The van der Waals surface area contributed by atoms with Crippen molar-refractivity contribution in [1.82, 2.24) is 5.16 Å². The lowest BCUT2D eigenvalue weighted by atomic mass is 10.2. The predicted molar refractivity (Wildman–Crippen MR) is 104 cm³/mol. The van der Waals surface area contributed by atoms with Crippen LogP contribution in [0.25, 0.3) is 0 Å². The summed E-state index contributed by atoms with van der Waals surface area (Å²) < 4.78 is 21.5. The van der Waals surface area contributed by atoms with Crippen LogP contribution in [0.4, 0.5) is 5.69 Å². The Morgan fingerprint density at radius 3 is 2.43 bits per heavy atom. The molecule has 0 atom stereocenters. The minimum Gasteiger partial charge on any atom is -0.493 e. The summed E-state index contributed by atoms with van der Waals surface area (Å²) in [5.74, 6) is 2.14. The number of carbonyl (C=O) groups excluding carboxylic acids is 1. The number of aryl methyl sites for hydroxylation is 2. The lowest BCUT2D eigenvalue weighted by Gasteiger charge is -2.13. The average Bonchev–Trinajstić information content (AvgIpc) is 3.04. The Hall–Kier alpha value is -3.48. The molecule has 0 bridgehead atoms. The second kappa shape index (κ2) is 8.47. The standard InChI is InChI=1S/C21H22N2O5/c1-13-17(14(2)28-23-13)12-27-16-10-8-15(9-11-16)21(24)22-18-6-5-7-19(25-3)20(18)26-4/h5-11H,12H2,1-4H3,(H,22,24). The van der Waals surface area contributed by atoms with Crippen LogP contribution in [0.1, 0.15) is 27.4 Å². The van der Waals surface area contributed by atoms with Gasteiger partial charge in [-0.3, -0.25) is 4.79 Å². The quantitative estimate of drug-likeness (QED) is 0.661. The predicted octanol–water partition coefficient (Wildman–Crippen LogP) is 4.14. The van der Waals surface area contributed by atoms with Crippen molar-refractivity contribution in [2.45, 2.75) is 20.5 Å². The summed E-state index contributed by atoms with van der Waals surface area (Å²) in [6.45, 7) is 4.07. The summed E-state index contributed by atoms with van der Waals surface area (Å²) in [5.41, 5.74) is 2.76. The number of anilines is 1. The van der Waals surface area contributed by atoms with Gasteiger partial charge in [-0.1, -0.05) is 11.2 Å². The summed E-state index contributed by atoms with van der Waals surface area (Å²) >= 11 is 0. The van der Waals surface area contributed by atoms with Crippen LogP contribution in [-0.4, -0.2) is 25.3 Å². The summed E-state index contributed by atoms with van der Waals surface area (Å²) in [4.78, 5) is 12.6. The van der Waals surface area contributed by atoms with E-state index >= 15 is 0 Å². The van der Waals surface area contributed by atoms with Crippen molar-refractivity contribution >= 4 is 11.6 Å². The summed E-state index contributed by atoms with van der Waals surface area (Å²) in [6.07, 6.45) is 0. The zero-order valence-corrected chi connectivity index (χ0v) is 16.2. The van der Waals surface area contributed by atoms with Crippen LogP contribution in [0, 0.1) is 13.8 Å². The molecule has 2 aromatic carbocycles. The number of ether oxygens (including phenoxy) is 3. The molecular formula is C21H22N2O5. The third kappa shape index (κ3) is 4.09. The number of nitrogens with one attached hydrogen (secondary N) is 1. The number of rotatable bonds is 7. The van der Waals surface area contributed by atoms with E-state index in [0.29, 0.717) is 35.1 Å². The molecule has 0 saturated heterocycles. The van der Waals surface area contributed by atoms with Gasteiger partial charge in [-0.05, 0) is 50.2 Å². The largest absolute Gasteiger partial charge is 0.493 e. The first-order valence-corrected chi connectivity index (χ1v) is 8.70. The molecule has 0 aliphatic rings. The zero-order chi connectivity index (χ0) is 20.1. The van der Waals surface area contributed by atoms with E-state index in [1.165, 1.54) is 7.11 Å². The number of hydrogen-bond donors (Lipinski definition) is 1. The first-order valence-electron chi connectivity index (χ1n) is 8.70. The van der Waals surface area contributed by atoms with Crippen molar-refractivity contribution in [3.8, 4) is 17.2 Å². The van der Waals surface area contributed by atoms with Gasteiger partial charge in [-0.25, -0.2) is 0 Å². The average molecular weight is 382 g/mol.